The quantitative estimate of drug-likeness (QED) is 0.727. The summed E-state index contributed by atoms with van der Waals surface area (Å²) >= 11 is 0. The summed E-state index contributed by atoms with van der Waals surface area (Å²) in [5, 5.41) is 8.77. The standard InChI is InChI=1S/C12H16N2/c1-3-10(2)12(6-7-13)11-5-4-8-14-9-11/h4-5,8-10,12H,3,6H2,1-2H3. The lowest BCUT2D eigenvalue weighted by molar-refractivity contribution is 0.450. The van der Waals surface area contributed by atoms with Crippen LogP contribution in [-0.4, -0.2) is 4.98 Å². The SMILES string of the molecule is CCC(C)C(CC#N)c1cccnc1. The van der Waals surface area contributed by atoms with Gasteiger partial charge in [-0.1, -0.05) is 26.3 Å². The number of rotatable bonds is 4. The smallest absolute Gasteiger partial charge is 0.0628 e. The van der Waals surface area contributed by atoms with Crippen LogP contribution in [0.15, 0.2) is 24.5 Å². The molecule has 0 amide bonds. The van der Waals surface area contributed by atoms with Crippen LogP contribution in [0.25, 0.3) is 0 Å². The van der Waals surface area contributed by atoms with Crippen LogP contribution in [0.4, 0.5) is 0 Å². The molecule has 2 nitrogen and oxygen atoms in total. The van der Waals surface area contributed by atoms with Crippen LogP contribution in [0, 0.1) is 17.2 Å². The van der Waals surface area contributed by atoms with Crippen LogP contribution in [0.5, 0.6) is 0 Å². The third-order valence-electron chi connectivity index (χ3n) is 2.75. The second-order valence-electron chi connectivity index (χ2n) is 3.64. The van der Waals surface area contributed by atoms with E-state index in [4.69, 9.17) is 5.26 Å². The largest absolute Gasteiger partial charge is 0.264 e. The molecule has 1 rings (SSSR count). The summed E-state index contributed by atoms with van der Waals surface area (Å²) in [6.07, 6.45) is 5.32. The first kappa shape index (κ1) is 10.7. The van der Waals surface area contributed by atoms with Gasteiger partial charge in [0.15, 0.2) is 0 Å². The van der Waals surface area contributed by atoms with Crippen molar-refractivity contribution in [3.63, 3.8) is 0 Å². The molecule has 0 aliphatic carbocycles. The van der Waals surface area contributed by atoms with Gasteiger partial charge in [0.05, 0.1) is 6.07 Å². The minimum atomic E-state index is 0.332. The lowest BCUT2D eigenvalue weighted by atomic mass is 9.84. The first-order valence-corrected chi connectivity index (χ1v) is 5.06. The fraction of sp³-hybridized carbons (Fsp3) is 0.500. The number of nitrogens with zero attached hydrogens (tertiary/aromatic N) is 2. The van der Waals surface area contributed by atoms with Crippen molar-refractivity contribution in [1.29, 1.82) is 5.26 Å². The van der Waals surface area contributed by atoms with E-state index < -0.39 is 0 Å². The Morgan fingerprint density at radius 3 is 2.86 bits per heavy atom. The number of aromatic nitrogens is 1. The Kier molecular flexibility index (Phi) is 4.12. The van der Waals surface area contributed by atoms with Crippen molar-refractivity contribution in [2.45, 2.75) is 32.6 Å². The van der Waals surface area contributed by atoms with E-state index >= 15 is 0 Å². The summed E-state index contributed by atoms with van der Waals surface area (Å²) in [5.74, 6) is 0.873. The van der Waals surface area contributed by atoms with Gasteiger partial charge in [-0.05, 0) is 17.5 Å². The molecule has 2 heteroatoms. The van der Waals surface area contributed by atoms with Gasteiger partial charge in [0, 0.05) is 24.7 Å². The molecule has 0 N–H and O–H groups in total. The van der Waals surface area contributed by atoms with E-state index in [2.05, 4.69) is 31.0 Å². The van der Waals surface area contributed by atoms with Crippen molar-refractivity contribution < 1.29 is 0 Å². The minimum Gasteiger partial charge on any atom is -0.264 e. The number of hydrogen-bond acceptors (Lipinski definition) is 2. The van der Waals surface area contributed by atoms with Gasteiger partial charge in [0.1, 0.15) is 0 Å². The summed E-state index contributed by atoms with van der Waals surface area (Å²) in [6.45, 7) is 4.35. The fourth-order valence-corrected chi connectivity index (χ4v) is 1.63. The highest BCUT2D eigenvalue weighted by Gasteiger charge is 2.17. The first-order chi connectivity index (χ1) is 6.79. The molecule has 14 heavy (non-hydrogen) atoms. The highest BCUT2D eigenvalue weighted by atomic mass is 14.6. The Labute approximate surface area is 85.6 Å². The predicted octanol–water partition coefficient (Wildman–Crippen LogP) is 3.12. The maximum Gasteiger partial charge on any atom is 0.0628 e. The molecule has 0 aliphatic heterocycles. The van der Waals surface area contributed by atoms with Gasteiger partial charge >= 0.3 is 0 Å². The molecule has 0 spiro atoms. The summed E-state index contributed by atoms with van der Waals surface area (Å²) < 4.78 is 0. The van der Waals surface area contributed by atoms with Crippen molar-refractivity contribution in [3.8, 4) is 6.07 Å². The van der Waals surface area contributed by atoms with Crippen LogP contribution in [-0.2, 0) is 0 Å². The van der Waals surface area contributed by atoms with E-state index in [-0.39, 0.29) is 0 Å². The van der Waals surface area contributed by atoms with Crippen molar-refractivity contribution in [2.75, 3.05) is 0 Å². The molecule has 74 valence electrons. The van der Waals surface area contributed by atoms with Gasteiger partial charge in [-0.15, -0.1) is 0 Å². The fourth-order valence-electron chi connectivity index (χ4n) is 1.63. The molecule has 0 saturated carbocycles. The highest BCUT2D eigenvalue weighted by Crippen LogP contribution is 2.28. The predicted molar refractivity (Wildman–Crippen MR) is 56.7 cm³/mol. The molecule has 1 aromatic rings. The molecule has 0 bridgehead atoms. The van der Waals surface area contributed by atoms with E-state index in [9.17, 15) is 0 Å². The topological polar surface area (TPSA) is 36.7 Å². The van der Waals surface area contributed by atoms with Crippen LogP contribution >= 0.6 is 0 Å². The molecule has 2 atom stereocenters. The van der Waals surface area contributed by atoms with Crippen molar-refractivity contribution in [2.24, 2.45) is 5.92 Å². The average Bonchev–Trinajstić information content (AvgIpc) is 2.26. The maximum atomic E-state index is 8.77. The van der Waals surface area contributed by atoms with E-state index in [1.165, 1.54) is 5.56 Å². The van der Waals surface area contributed by atoms with Gasteiger partial charge in [0.25, 0.3) is 0 Å². The van der Waals surface area contributed by atoms with Crippen molar-refractivity contribution in [1.82, 2.24) is 4.98 Å². The van der Waals surface area contributed by atoms with E-state index in [0.717, 1.165) is 6.42 Å². The zero-order valence-electron chi connectivity index (χ0n) is 8.77. The second kappa shape index (κ2) is 5.39. The average molecular weight is 188 g/mol. The molecule has 0 radical (unpaired) electrons. The van der Waals surface area contributed by atoms with Gasteiger partial charge in [-0.2, -0.15) is 5.26 Å². The zero-order chi connectivity index (χ0) is 10.4. The van der Waals surface area contributed by atoms with Crippen LogP contribution in [0.3, 0.4) is 0 Å². The van der Waals surface area contributed by atoms with Crippen LogP contribution < -0.4 is 0 Å². The van der Waals surface area contributed by atoms with E-state index in [0.29, 0.717) is 18.3 Å². The van der Waals surface area contributed by atoms with Gasteiger partial charge < -0.3 is 0 Å². The maximum absolute atomic E-state index is 8.77. The zero-order valence-corrected chi connectivity index (χ0v) is 8.77. The second-order valence-corrected chi connectivity index (χ2v) is 3.64. The molecule has 0 aromatic carbocycles. The Bertz CT molecular complexity index is 300. The summed E-state index contributed by atoms with van der Waals surface area (Å²) in [4.78, 5) is 4.10. The molecule has 1 aromatic heterocycles. The Hall–Kier alpha value is -1.36. The van der Waals surface area contributed by atoms with Gasteiger partial charge in [0.2, 0.25) is 0 Å². The monoisotopic (exact) mass is 188 g/mol. The summed E-state index contributed by atoms with van der Waals surface area (Å²) in [7, 11) is 0. The third kappa shape index (κ3) is 2.56. The normalized spacial score (nSPS) is 14.4. The molecular formula is C12H16N2. The number of nitriles is 1. The number of hydrogen-bond donors (Lipinski definition) is 0. The lowest BCUT2D eigenvalue weighted by Crippen LogP contribution is -2.08. The Morgan fingerprint density at radius 1 is 1.57 bits per heavy atom. The summed E-state index contributed by atoms with van der Waals surface area (Å²) in [5.41, 5.74) is 1.18. The van der Waals surface area contributed by atoms with Gasteiger partial charge in [-0.3, -0.25) is 4.98 Å². The van der Waals surface area contributed by atoms with Crippen molar-refractivity contribution >= 4 is 0 Å². The molecule has 1 heterocycles. The third-order valence-corrected chi connectivity index (χ3v) is 2.75. The molecule has 0 aliphatic rings. The number of pyridine rings is 1. The summed E-state index contributed by atoms with van der Waals surface area (Å²) in [6, 6.07) is 6.24. The Balaban J connectivity index is 2.84. The van der Waals surface area contributed by atoms with Crippen LogP contribution in [0.2, 0.25) is 0 Å². The van der Waals surface area contributed by atoms with Crippen molar-refractivity contribution in [3.05, 3.63) is 30.1 Å². The molecule has 0 fully saturated rings. The molecule has 0 saturated heterocycles. The highest BCUT2D eigenvalue weighted by molar-refractivity contribution is 5.16. The molecule has 2 unspecified atom stereocenters. The minimum absolute atomic E-state index is 0.332. The van der Waals surface area contributed by atoms with Gasteiger partial charge in [-0.25, -0.2) is 0 Å². The molecular weight excluding hydrogens is 172 g/mol. The van der Waals surface area contributed by atoms with E-state index in [1.807, 2.05) is 12.3 Å². The lowest BCUT2D eigenvalue weighted by Gasteiger charge is -2.20. The van der Waals surface area contributed by atoms with E-state index in [1.54, 1.807) is 6.20 Å². The Morgan fingerprint density at radius 2 is 2.36 bits per heavy atom. The van der Waals surface area contributed by atoms with Crippen LogP contribution in [0.1, 0.15) is 38.2 Å². The first-order valence-electron chi connectivity index (χ1n) is 5.06.